The molecule has 1 aromatic heterocycles. The molecule has 1 fully saturated rings. The van der Waals surface area contributed by atoms with E-state index in [0.29, 0.717) is 10.8 Å². The molecule has 0 saturated heterocycles. The van der Waals surface area contributed by atoms with Crippen LogP contribution in [0.2, 0.25) is 5.02 Å². The second-order valence-corrected chi connectivity index (χ2v) is 5.51. The molecule has 2 aromatic rings. The van der Waals surface area contributed by atoms with Gasteiger partial charge in [-0.1, -0.05) is 23.7 Å². The van der Waals surface area contributed by atoms with Crippen molar-refractivity contribution < 1.29 is 9.53 Å². The highest BCUT2D eigenvalue weighted by atomic mass is 35.5. The third-order valence-corrected chi connectivity index (χ3v) is 3.87. The Hall–Kier alpha value is -2.07. The lowest BCUT2D eigenvalue weighted by molar-refractivity contribution is -0.117. The summed E-state index contributed by atoms with van der Waals surface area (Å²) in [5.41, 5.74) is 1.17. The van der Waals surface area contributed by atoms with Gasteiger partial charge in [0.05, 0.1) is 12.1 Å². The second-order valence-electron chi connectivity index (χ2n) is 5.07. The van der Waals surface area contributed by atoms with Crippen LogP contribution in [0.3, 0.4) is 0 Å². The largest absolute Gasteiger partial charge is 0.497 e. The quantitative estimate of drug-likeness (QED) is 0.940. The van der Waals surface area contributed by atoms with E-state index in [4.69, 9.17) is 16.3 Å². The van der Waals surface area contributed by atoms with Crippen LogP contribution in [0, 0.1) is 5.92 Å². The number of hydrogen-bond acceptors (Lipinski definition) is 3. The summed E-state index contributed by atoms with van der Waals surface area (Å²) in [6.07, 6.45) is 2.39. The lowest BCUT2D eigenvalue weighted by Crippen LogP contribution is -2.15. The van der Waals surface area contributed by atoms with E-state index in [1.54, 1.807) is 19.2 Å². The maximum absolute atomic E-state index is 12.2. The van der Waals surface area contributed by atoms with Crippen LogP contribution in [0.1, 0.15) is 17.9 Å². The van der Waals surface area contributed by atoms with Crippen molar-refractivity contribution in [2.24, 2.45) is 5.92 Å². The van der Waals surface area contributed by atoms with Gasteiger partial charge in [-0.15, -0.1) is 0 Å². The van der Waals surface area contributed by atoms with Crippen molar-refractivity contribution in [3.05, 3.63) is 53.2 Å². The average molecular weight is 303 g/mol. The summed E-state index contributed by atoms with van der Waals surface area (Å²) >= 11 is 5.77. The van der Waals surface area contributed by atoms with Crippen LogP contribution in [-0.4, -0.2) is 18.0 Å². The number of carbonyl (C=O) groups is 1. The summed E-state index contributed by atoms with van der Waals surface area (Å²) < 4.78 is 5.13. The van der Waals surface area contributed by atoms with Crippen molar-refractivity contribution in [3.63, 3.8) is 0 Å². The first-order chi connectivity index (χ1) is 10.2. The van der Waals surface area contributed by atoms with E-state index in [0.717, 1.165) is 12.2 Å². The van der Waals surface area contributed by atoms with Gasteiger partial charge in [-0.25, -0.2) is 4.98 Å². The van der Waals surface area contributed by atoms with Gasteiger partial charge in [-0.05, 0) is 42.2 Å². The first kappa shape index (κ1) is 13.9. The SMILES string of the molecule is COc1ccc(C2CC2C(=O)Nc2ccc(Cl)cn2)cc1. The summed E-state index contributed by atoms with van der Waals surface area (Å²) in [6, 6.07) is 11.3. The molecule has 1 N–H and O–H groups in total. The van der Waals surface area contributed by atoms with E-state index in [1.165, 1.54) is 11.8 Å². The fourth-order valence-corrected chi connectivity index (χ4v) is 2.48. The molecule has 1 saturated carbocycles. The molecule has 3 rings (SSSR count). The van der Waals surface area contributed by atoms with Gasteiger partial charge >= 0.3 is 0 Å². The standard InChI is InChI=1S/C16H15ClN2O2/c1-21-12-5-2-10(3-6-12)13-8-14(13)16(20)19-15-7-4-11(17)9-18-15/h2-7,9,13-14H,8H2,1H3,(H,18,19,20). The van der Waals surface area contributed by atoms with Gasteiger partial charge in [0.15, 0.2) is 0 Å². The van der Waals surface area contributed by atoms with Gasteiger partial charge in [0.25, 0.3) is 0 Å². The molecule has 1 amide bonds. The zero-order valence-corrected chi connectivity index (χ0v) is 12.3. The highest BCUT2D eigenvalue weighted by Gasteiger charge is 2.43. The highest BCUT2D eigenvalue weighted by molar-refractivity contribution is 6.30. The maximum Gasteiger partial charge on any atom is 0.229 e. The topological polar surface area (TPSA) is 51.2 Å². The van der Waals surface area contributed by atoms with Gasteiger partial charge in [0.2, 0.25) is 5.91 Å². The Balaban J connectivity index is 1.61. The first-order valence-corrected chi connectivity index (χ1v) is 7.11. The molecule has 0 spiro atoms. The van der Waals surface area contributed by atoms with Crippen LogP contribution in [0.5, 0.6) is 5.75 Å². The van der Waals surface area contributed by atoms with Crippen molar-refractivity contribution in [1.29, 1.82) is 0 Å². The fraction of sp³-hybridized carbons (Fsp3) is 0.250. The minimum absolute atomic E-state index is 0.00522. The summed E-state index contributed by atoms with van der Waals surface area (Å²) in [5.74, 6) is 1.65. The number of ether oxygens (including phenoxy) is 1. The number of nitrogens with zero attached hydrogens (tertiary/aromatic N) is 1. The van der Waals surface area contributed by atoms with Gasteiger partial charge in [0, 0.05) is 12.1 Å². The van der Waals surface area contributed by atoms with Crippen molar-refractivity contribution in [1.82, 2.24) is 4.98 Å². The lowest BCUT2D eigenvalue weighted by atomic mass is 10.1. The molecule has 0 aliphatic heterocycles. The number of pyridine rings is 1. The number of nitrogens with one attached hydrogen (secondary N) is 1. The van der Waals surface area contributed by atoms with Crippen LogP contribution >= 0.6 is 11.6 Å². The van der Waals surface area contributed by atoms with Gasteiger partial charge in [-0.2, -0.15) is 0 Å². The van der Waals surface area contributed by atoms with Crippen LogP contribution in [0.15, 0.2) is 42.6 Å². The van der Waals surface area contributed by atoms with Crippen LogP contribution in [0.25, 0.3) is 0 Å². The molecule has 1 heterocycles. The number of methoxy groups -OCH3 is 1. The summed E-state index contributed by atoms with van der Waals surface area (Å²) in [6.45, 7) is 0. The molecule has 5 heteroatoms. The van der Waals surface area contributed by atoms with Crippen LogP contribution in [-0.2, 0) is 4.79 Å². The number of halogens is 1. The number of benzene rings is 1. The monoisotopic (exact) mass is 302 g/mol. The zero-order chi connectivity index (χ0) is 14.8. The Kier molecular flexibility index (Phi) is 3.80. The Bertz CT molecular complexity index is 640. The molecule has 21 heavy (non-hydrogen) atoms. The summed E-state index contributed by atoms with van der Waals surface area (Å²) in [7, 11) is 1.64. The molecule has 0 radical (unpaired) electrons. The molecule has 108 valence electrons. The van der Waals surface area contributed by atoms with E-state index in [1.807, 2.05) is 24.3 Å². The minimum Gasteiger partial charge on any atom is -0.497 e. The second kappa shape index (κ2) is 5.74. The molecule has 1 aromatic carbocycles. The average Bonchev–Trinajstić information content (AvgIpc) is 3.30. The molecule has 2 unspecified atom stereocenters. The molecule has 1 aliphatic rings. The van der Waals surface area contributed by atoms with Gasteiger partial charge in [0.1, 0.15) is 11.6 Å². The number of carbonyl (C=O) groups excluding carboxylic acids is 1. The highest BCUT2D eigenvalue weighted by Crippen LogP contribution is 2.48. The normalized spacial score (nSPS) is 19.9. The Morgan fingerprint density at radius 3 is 2.67 bits per heavy atom. The van der Waals surface area contributed by atoms with E-state index in [9.17, 15) is 4.79 Å². The molecule has 1 aliphatic carbocycles. The maximum atomic E-state index is 12.2. The molecule has 2 atom stereocenters. The number of rotatable bonds is 4. The van der Waals surface area contributed by atoms with Crippen molar-refractivity contribution in [2.45, 2.75) is 12.3 Å². The van der Waals surface area contributed by atoms with Gasteiger partial charge in [-0.3, -0.25) is 4.79 Å². The Morgan fingerprint density at radius 1 is 1.29 bits per heavy atom. The Labute approximate surface area is 128 Å². The van der Waals surface area contributed by atoms with E-state index in [2.05, 4.69) is 10.3 Å². The number of amides is 1. The fourth-order valence-electron chi connectivity index (χ4n) is 2.37. The van der Waals surface area contributed by atoms with E-state index in [-0.39, 0.29) is 17.7 Å². The molecule has 0 bridgehead atoms. The summed E-state index contributed by atoms with van der Waals surface area (Å²) in [4.78, 5) is 16.2. The number of hydrogen-bond donors (Lipinski definition) is 1. The van der Waals surface area contributed by atoms with Crippen LogP contribution in [0.4, 0.5) is 5.82 Å². The van der Waals surface area contributed by atoms with E-state index >= 15 is 0 Å². The van der Waals surface area contributed by atoms with Gasteiger partial charge < -0.3 is 10.1 Å². The van der Waals surface area contributed by atoms with Crippen molar-refractivity contribution in [3.8, 4) is 5.75 Å². The lowest BCUT2D eigenvalue weighted by Gasteiger charge is -2.05. The molecular formula is C16H15ClN2O2. The first-order valence-electron chi connectivity index (χ1n) is 6.74. The van der Waals surface area contributed by atoms with Crippen molar-refractivity contribution >= 4 is 23.3 Å². The third-order valence-electron chi connectivity index (χ3n) is 3.65. The minimum atomic E-state index is 0.00522. The number of anilines is 1. The summed E-state index contributed by atoms with van der Waals surface area (Å²) in [5, 5.41) is 3.37. The van der Waals surface area contributed by atoms with Crippen molar-refractivity contribution in [2.75, 3.05) is 12.4 Å². The van der Waals surface area contributed by atoms with Crippen LogP contribution < -0.4 is 10.1 Å². The third kappa shape index (κ3) is 3.16. The molecule has 4 nitrogen and oxygen atoms in total. The Morgan fingerprint density at radius 2 is 2.05 bits per heavy atom. The van der Waals surface area contributed by atoms with E-state index < -0.39 is 0 Å². The molecular weight excluding hydrogens is 288 g/mol. The smallest absolute Gasteiger partial charge is 0.229 e. The predicted octanol–water partition coefficient (Wildman–Crippen LogP) is 3.49. The predicted molar refractivity (Wildman–Crippen MR) is 81.7 cm³/mol. The number of aromatic nitrogens is 1. The zero-order valence-electron chi connectivity index (χ0n) is 11.5.